The Morgan fingerprint density at radius 3 is 2.27 bits per heavy atom. The fraction of sp³-hybridized carbons (Fsp3) is 0.0455. The van der Waals surface area contributed by atoms with E-state index in [1.165, 1.54) is 0 Å². The lowest BCUT2D eigenvalue weighted by Crippen LogP contribution is -2.11. The zero-order valence-corrected chi connectivity index (χ0v) is 13.9. The molecule has 4 nitrogen and oxygen atoms in total. The first-order chi connectivity index (χ1) is 12.8. The number of benzene rings is 3. The zero-order chi connectivity index (χ0) is 17.8. The maximum Gasteiger partial charge on any atom is 0.255 e. The van der Waals surface area contributed by atoms with Crippen molar-refractivity contribution >= 4 is 11.6 Å². The summed E-state index contributed by atoms with van der Waals surface area (Å²) < 4.78 is 10.6. The van der Waals surface area contributed by atoms with E-state index in [0.29, 0.717) is 22.7 Å². The van der Waals surface area contributed by atoms with Crippen LogP contribution in [0.1, 0.15) is 21.5 Å². The summed E-state index contributed by atoms with van der Waals surface area (Å²) in [5.74, 6) is 7.32. The number of hydrogen-bond acceptors (Lipinski definition) is 3. The Kier molecular flexibility index (Phi) is 4.28. The number of carbonyl (C=O) groups is 1. The van der Waals surface area contributed by atoms with E-state index in [2.05, 4.69) is 17.2 Å². The molecule has 0 radical (unpaired) electrons. The van der Waals surface area contributed by atoms with Crippen molar-refractivity contribution in [2.24, 2.45) is 0 Å². The number of amides is 1. The van der Waals surface area contributed by atoms with Crippen molar-refractivity contribution in [3.05, 3.63) is 89.5 Å². The minimum atomic E-state index is -0.188. The van der Waals surface area contributed by atoms with Crippen LogP contribution in [0.4, 0.5) is 5.69 Å². The molecule has 0 saturated carbocycles. The molecule has 26 heavy (non-hydrogen) atoms. The number of ether oxygens (including phenoxy) is 2. The number of carbonyl (C=O) groups excluding carboxylic acids is 1. The van der Waals surface area contributed by atoms with Gasteiger partial charge in [-0.05, 0) is 48.5 Å². The van der Waals surface area contributed by atoms with Crippen LogP contribution in [0.15, 0.2) is 72.8 Å². The first-order valence-corrected chi connectivity index (χ1v) is 8.16. The predicted molar refractivity (Wildman–Crippen MR) is 99.4 cm³/mol. The van der Waals surface area contributed by atoms with Gasteiger partial charge in [0, 0.05) is 28.4 Å². The molecule has 0 atom stereocenters. The monoisotopic (exact) mass is 341 g/mol. The van der Waals surface area contributed by atoms with Gasteiger partial charge in [-0.1, -0.05) is 30.0 Å². The van der Waals surface area contributed by atoms with E-state index in [-0.39, 0.29) is 12.7 Å². The number of rotatable bonds is 2. The van der Waals surface area contributed by atoms with E-state index in [4.69, 9.17) is 9.47 Å². The van der Waals surface area contributed by atoms with Crippen LogP contribution in [-0.4, -0.2) is 12.7 Å². The maximum absolute atomic E-state index is 12.4. The lowest BCUT2D eigenvalue weighted by molar-refractivity contribution is 0.102. The second-order valence-electron chi connectivity index (χ2n) is 5.72. The molecule has 3 aromatic carbocycles. The SMILES string of the molecule is O=C(Nc1ccc2c(c1)OCO2)c1ccc(C#Cc2ccccc2)cc1. The van der Waals surface area contributed by atoms with Gasteiger partial charge in [-0.15, -0.1) is 0 Å². The van der Waals surface area contributed by atoms with Crippen molar-refractivity contribution in [1.29, 1.82) is 0 Å². The quantitative estimate of drug-likeness (QED) is 0.715. The molecule has 1 aliphatic heterocycles. The molecule has 0 fully saturated rings. The molecule has 1 amide bonds. The third kappa shape index (κ3) is 3.52. The second-order valence-corrected chi connectivity index (χ2v) is 5.72. The molecule has 0 aromatic heterocycles. The molecule has 1 N–H and O–H groups in total. The van der Waals surface area contributed by atoms with Crippen molar-refractivity contribution in [3.8, 4) is 23.3 Å². The summed E-state index contributed by atoms with van der Waals surface area (Å²) in [5.41, 5.74) is 3.03. The Morgan fingerprint density at radius 1 is 0.808 bits per heavy atom. The molecule has 4 heteroatoms. The van der Waals surface area contributed by atoms with E-state index in [0.717, 1.165) is 11.1 Å². The molecule has 3 aromatic rings. The summed E-state index contributed by atoms with van der Waals surface area (Å²) in [4.78, 5) is 12.4. The predicted octanol–water partition coefficient (Wildman–Crippen LogP) is 4.07. The van der Waals surface area contributed by atoms with Crippen LogP contribution < -0.4 is 14.8 Å². The largest absolute Gasteiger partial charge is 0.454 e. The summed E-state index contributed by atoms with van der Waals surface area (Å²) in [6.45, 7) is 0.207. The minimum Gasteiger partial charge on any atom is -0.454 e. The van der Waals surface area contributed by atoms with Gasteiger partial charge >= 0.3 is 0 Å². The van der Waals surface area contributed by atoms with Crippen molar-refractivity contribution < 1.29 is 14.3 Å². The van der Waals surface area contributed by atoms with Gasteiger partial charge in [0.05, 0.1) is 0 Å². The Bertz CT molecular complexity index is 999. The molecule has 1 aliphatic rings. The average molecular weight is 341 g/mol. The van der Waals surface area contributed by atoms with Gasteiger partial charge < -0.3 is 14.8 Å². The molecule has 0 aliphatic carbocycles. The van der Waals surface area contributed by atoms with Gasteiger partial charge in [0.2, 0.25) is 6.79 Å². The van der Waals surface area contributed by atoms with E-state index in [1.54, 1.807) is 30.3 Å². The number of anilines is 1. The van der Waals surface area contributed by atoms with Gasteiger partial charge in [0.1, 0.15) is 0 Å². The van der Waals surface area contributed by atoms with Crippen LogP contribution >= 0.6 is 0 Å². The van der Waals surface area contributed by atoms with Gasteiger partial charge in [0.15, 0.2) is 11.5 Å². The highest BCUT2D eigenvalue weighted by Crippen LogP contribution is 2.34. The van der Waals surface area contributed by atoms with E-state index in [1.807, 2.05) is 42.5 Å². The lowest BCUT2D eigenvalue weighted by Gasteiger charge is -2.06. The van der Waals surface area contributed by atoms with Gasteiger partial charge in [0.25, 0.3) is 5.91 Å². The Morgan fingerprint density at radius 2 is 1.50 bits per heavy atom. The second kappa shape index (κ2) is 7.04. The number of hydrogen-bond donors (Lipinski definition) is 1. The Labute approximate surface area is 151 Å². The number of fused-ring (bicyclic) bond motifs is 1. The highest BCUT2D eigenvalue weighted by Gasteiger charge is 2.14. The van der Waals surface area contributed by atoms with Crippen LogP contribution in [0.5, 0.6) is 11.5 Å². The molecule has 1 heterocycles. The highest BCUT2D eigenvalue weighted by molar-refractivity contribution is 6.04. The van der Waals surface area contributed by atoms with Crippen molar-refractivity contribution in [1.82, 2.24) is 0 Å². The molecule has 0 unspecified atom stereocenters. The van der Waals surface area contributed by atoms with Crippen LogP contribution in [0, 0.1) is 11.8 Å². The Hall–Kier alpha value is -3.71. The average Bonchev–Trinajstić information content (AvgIpc) is 3.15. The molecule has 126 valence electrons. The summed E-state index contributed by atoms with van der Waals surface area (Å²) in [6.07, 6.45) is 0. The fourth-order valence-corrected chi connectivity index (χ4v) is 2.55. The molecule has 0 spiro atoms. The molecule has 4 rings (SSSR count). The third-order valence-electron chi connectivity index (χ3n) is 3.90. The maximum atomic E-state index is 12.4. The smallest absolute Gasteiger partial charge is 0.255 e. The molecular weight excluding hydrogens is 326 g/mol. The first kappa shape index (κ1) is 15.8. The van der Waals surface area contributed by atoms with E-state index < -0.39 is 0 Å². The first-order valence-electron chi connectivity index (χ1n) is 8.16. The zero-order valence-electron chi connectivity index (χ0n) is 13.9. The van der Waals surface area contributed by atoms with Crippen LogP contribution in [-0.2, 0) is 0 Å². The van der Waals surface area contributed by atoms with Crippen molar-refractivity contribution in [2.45, 2.75) is 0 Å². The van der Waals surface area contributed by atoms with Gasteiger partial charge in [-0.25, -0.2) is 0 Å². The summed E-state index contributed by atoms with van der Waals surface area (Å²) in [5, 5.41) is 2.85. The third-order valence-corrected chi connectivity index (χ3v) is 3.90. The normalized spacial score (nSPS) is 11.4. The van der Waals surface area contributed by atoms with Gasteiger partial charge in [-0.2, -0.15) is 0 Å². The highest BCUT2D eigenvalue weighted by atomic mass is 16.7. The topological polar surface area (TPSA) is 47.6 Å². The molecule has 0 saturated heterocycles. The summed E-state index contributed by atoms with van der Waals surface area (Å²) in [6, 6.07) is 22.3. The number of nitrogens with one attached hydrogen (secondary N) is 1. The van der Waals surface area contributed by atoms with E-state index in [9.17, 15) is 4.79 Å². The van der Waals surface area contributed by atoms with Gasteiger partial charge in [-0.3, -0.25) is 4.79 Å². The fourth-order valence-electron chi connectivity index (χ4n) is 2.55. The standard InChI is InChI=1S/C22H15NO3/c24-22(23-19-12-13-20-21(14-19)26-15-25-20)18-10-8-17(9-11-18)7-6-16-4-2-1-3-5-16/h1-5,8-14H,15H2,(H,23,24). The molecule has 0 bridgehead atoms. The summed E-state index contributed by atoms with van der Waals surface area (Å²) >= 11 is 0. The summed E-state index contributed by atoms with van der Waals surface area (Å²) in [7, 11) is 0. The van der Waals surface area contributed by atoms with Crippen LogP contribution in [0.25, 0.3) is 0 Å². The molecular formula is C22H15NO3. The Balaban J connectivity index is 1.45. The minimum absolute atomic E-state index is 0.188. The van der Waals surface area contributed by atoms with Crippen LogP contribution in [0.2, 0.25) is 0 Å². The van der Waals surface area contributed by atoms with Crippen LogP contribution in [0.3, 0.4) is 0 Å². The van der Waals surface area contributed by atoms with Crippen molar-refractivity contribution in [2.75, 3.05) is 12.1 Å². The van der Waals surface area contributed by atoms with E-state index >= 15 is 0 Å². The lowest BCUT2D eigenvalue weighted by atomic mass is 10.1. The van der Waals surface area contributed by atoms with Crippen molar-refractivity contribution in [3.63, 3.8) is 0 Å².